The first kappa shape index (κ1) is 16.7. The van der Waals surface area contributed by atoms with Crippen LogP contribution in [0.3, 0.4) is 0 Å². The minimum Gasteiger partial charge on any atom is -0.508 e. The molecule has 6 nitrogen and oxygen atoms in total. The van der Waals surface area contributed by atoms with Crippen LogP contribution in [-0.2, 0) is 6.54 Å². The predicted octanol–water partition coefficient (Wildman–Crippen LogP) is 3.51. The average molecular weight is 334 g/mol. The van der Waals surface area contributed by atoms with Crippen molar-refractivity contribution < 1.29 is 9.52 Å². The average Bonchev–Trinajstić information content (AvgIpc) is 3.09. The topological polar surface area (TPSA) is 86.2 Å². The molecule has 1 N–H and O–H groups in total. The van der Waals surface area contributed by atoms with Gasteiger partial charge in [-0.2, -0.15) is 5.26 Å². The second kappa shape index (κ2) is 7.16. The number of phenolic OH excluding ortho intramolecular Hbond substituents is 1. The predicted molar refractivity (Wildman–Crippen MR) is 92.4 cm³/mol. The summed E-state index contributed by atoms with van der Waals surface area (Å²) in [4.78, 5) is 2.05. The van der Waals surface area contributed by atoms with Crippen LogP contribution in [0.4, 0.5) is 0 Å². The Labute approximate surface area is 146 Å². The summed E-state index contributed by atoms with van der Waals surface area (Å²) in [6.07, 6.45) is 0. The van der Waals surface area contributed by atoms with Gasteiger partial charge < -0.3 is 9.52 Å². The Morgan fingerprint density at radius 3 is 2.76 bits per heavy atom. The molecule has 1 atom stereocenters. The van der Waals surface area contributed by atoms with Gasteiger partial charge in [0.15, 0.2) is 0 Å². The first-order chi connectivity index (χ1) is 12.1. The highest BCUT2D eigenvalue weighted by Crippen LogP contribution is 2.24. The van der Waals surface area contributed by atoms with E-state index in [1.807, 2.05) is 32.2 Å². The summed E-state index contributed by atoms with van der Waals surface area (Å²) in [6, 6.07) is 16.4. The third-order valence-corrected chi connectivity index (χ3v) is 4.10. The number of phenols is 1. The number of aromatic hydroxyl groups is 1. The molecular weight excluding hydrogens is 316 g/mol. The molecule has 25 heavy (non-hydrogen) atoms. The van der Waals surface area contributed by atoms with Crippen molar-refractivity contribution in [2.45, 2.75) is 19.5 Å². The summed E-state index contributed by atoms with van der Waals surface area (Å²) in [7, 11) is 1.95. The van der Waals surface area contributed by atoms with Crippen LogP contribution >= 0.6 is 0 Å². The van der Waals surface area contributed by atoms with Crippen LogP contribution in [0.1, 0.15) is 30.0 Å². The van der Waals surface area contributed by atoms with Crippen LogP contribution in [0.2, 0.25) is 0 Å². The van der Waals surface area contributed by atoms with E-state index in [2.05, 4.69) is 21.2 Å². The highest BCUT2D eigenvalue weighted by Gasteiger charge is 2.16. The molecule has 0 radical (unpaired) electrons. The van der Waals surface area contributed by atoms with E-state index in [0.717, 1.165) is 11.1 Å². The molecule has 6 heteroatoms. The van der Waals surface area contributed by atoms with Crippen molar-refractivity contribution in [2.75, 3.05) is 7.05 Å². The lowest BCUT2D eigenvalue weighted by atomic mass is 10.1. The minimum absolute atomic E-state index is 0.0735. The second-order valence-corrected chi connectivity index (χ2v) is 5.88. The standard InChI is InChI=1S/C19H18N4O2/c1-13(15-6-4-8-17(24)10-15)23(2)12-18-21-22-19(25-18)16-7-3-5-14(9-16)11-20/h3-10,13,24H,12H2,1-2H3/t13-/m1/s1. The molecule has 3 rings (SSSR count). The van der Waals surface area contributed by atoms with Crippen LogP contribution in [0.15, 0.2) is 52.9 Å². The second-order valence-electron chi connectivity index (χ2n) is 5.88. The van der Waals surface area contributed by atoms with Gasteiger partial charge in [0.25, 0.3) is 0 Å². The zero-order chi connectivity index (χ0) is 17.8. The third-order valence-electron chi connectivity index (χ3n) is 4.10. The highest BCUT2D eigenvalue weighted by atomic mass is 16.4. The van der Waals surface area contributed by atoms with Crippen LogP contribution in [0, 0.1) is 11.3 Å². The zero-order valence-electron chi connectivity index (χ0n) is 14.0. The Morgan fingerprint density at radius 1 is 1.20 bits per heavy atom. The molecule has 3 aromatic rings. The van der Waals surface area contributed by atoms with Gasteiger partial charge in [0.1, 0.15) is 5.75 Å². The van der Waals surface area contributed by atoms with Crippen LogP contribution in [0.5, 0.6) is 5.75 Å². The molecular formula is C19H18N4O2. The SMILES string of the molecule is C[C@H](c1cccc(O)c1)N(C)Cc1nnc(-c2cccc(C#N)c2)o1. The van der Waals surface area contributed by atoms with E-state index >= 15 is 0 Å². The quantitative estimate of drug-likeness (QED) is 0.768. The third kappa shape index (κ3) is 3.84. The van der Waals surface area contributed by atoms with E-state index in [1.165, 1.54) is 0 Å². The van der Waals surface area contributed by atoms with Crippen molar-refractivity contribution in [1.29, 1.82) is 5.26 Å². The molecule has 0 saturated carbocycles. The normalized spacial score (nSPS) is 12.1. The van der Waals surface area contributed by atoms with Crippen LogP contribution < -0.4 is 0 Å². The summed E-state index contributed by atoms with van der Waals surface area (Å²) in [6.45, 7) is 2.52. The molecule has 1 aromatic heterocycles. The van der Waals surface area contributed by atoms with Gasteiger partial charge in [0.2, 0.25) is 11.8 Å². The van der Waals surface area contributed by atoms with Gasteiger partial charge in [-0.15, -0.1) is 10.2 Å². The largest absolute Gasteiger partial charge is 0.508 e. The Balaban J connectivity index is 1.73. The van der Waals surface area contributed by atoms with E-state index in [1.54, 1.807) is 30.3 Å². The molecule has 126 valence electrons. The van der Waals surface area contributed by atoms with E-state index in [9.17, 15) is 5.11 Å². The molecule has 0 aliphatic carbocycles. The Hall–Kier alpha value is -3.17. The smallest absolute Gasteiger partial charge is 0.247 e. The lowest BCUT2D eigenvalue weighted by Crippen LogP contribution is -2.22. The zero-order valence-corrected chi connectivity index (χ0v) is 14.0. The summed E-state index contributed by atoms with van der Waals surface area (Å²) >= 11 is 0. The summed E-state index contributed by atoms with van der Waals surface area (Å²) < 4.78 is 5.73. The lowest BCUT2D eigenvalue weighted by molar-refractivity contribution is 0.228. The fourth-order valence-corrected chi connectivity index (χ4v) is 2.55. The molecule has 0 spiro atoms. The van der Waals surface area contributed by atoms with E-state index in [-0.39, 0.29) is 11.8 Å². The summed E-state index contributed by atoms with van der Waals surface area (Å²) in [5, 5.41) is 26.8. The maximum Gasteiger partial charge on any atom is 0.247 e. The molecule has 0 aliphatic heterocycles. The van der Waals surface area contributed by atoms with Crippen molar-refractivity contribution in [1.82, 2.24) is 15.1 Å². The van der Waals surface area contributed by atoms with Crippen molar-refractivity contribution in [3.05, 3.63) is 65.5 Å². The van der Waals surface area contributed by atoms with E-state index in [4.69, 9.17) is 9.68 Å². The number of nitriles is 1. The van der Waals surface area contributed by atoms with Gasteiger partial charge in [-0.1, -0.05) is 18.2 Å². The number of rotatable bonds is 5. The van der Waals surface area contributed by atoms with E-state index < -0.39 is 0 Å². The van der Waals surface area contributed by atoms with Crippen molar-refractivity contribution in [3.63, 3.8) is 0 Å². The lowest BCUT2D eigenvalue weighted by Gasteiger charge is -2.23. The van der Waals surface area contributed by atoms with Crippen LogP contribution in [0.25, 0.3) is 11.5 Å². The summed E-state index contributed by atoms with van der Waals surface area (Å²) in [5.74, 6) is 1.13. The molecule has 1 heterocycles. The first-order valence-electron chi connectivity index (χ1n) is 7.89. The molecule has 0 amide bonds. The molecule has 0 bridgehead atoms. The van der Waals surface area contributed by atoms with Gasteiger partial charge in [0, 0.05) is 11.6 Å². The Kier molecular flexibility index (Phi) is 4.78. The molecule has 0 aliphatic rings. The van der Waals surface area contributed by atoms with Gasteiger partial charge in [-0.05, 0) is 49.9 Å². The van der Waals surface area contributed by atoms with Gasteiger partial charge in [0.05, 0.1) is 18.2 Å². The molecule has 0 unspecified atom stereocenters. The molecule has 0 fully saturated rings. The number of hydrogen-bond donors (Lipinski definition) is 1. The Bertz CT molecular complexity index is 914. The van der Waals surface area contributed by atoms with Crippen molar-refractivity contribution >= 4 is 0 Å². The van der Waals surface area contributed by atoms with E-state index in [0.29, 0.717) is 23.9 Å². The van der Waals surface area contributed by atoms with Crippen molar-refractivity contribution in [2.24, 2.45) is 0 Å². The molecule has 2 aromatic carbocycles. The fourth-order valence-electron chi connectivity index (χ4n) is 2.55. The fraction of sp³-hybridized carbons (Fsp3) is 0.211. The maximum atomic E-state index is 9.62. The minimum atomic E-state index is 0.0735. The summed E-state index contributed by atoms with van der Waals surface area (Å²) in [5.41, 5.74) is 2.28. The maximum absolute atomic E-state index is 9.62. The Morgan fingerprint density at radius 2 is 2.00 bits per heavy atom. The number of hydrogen-bond acceptors (Lipinski definition) is 6. The number of aromatic nitrogens is 2. The monoisotopic (exact) mass is 334 g/mol. The number of benzene rings is 2. The van der Waals surface area contributed by atoms with Gasteiger partial charge >= 0.3 is 0 Å². The van der Waals surface area contributed by atoms with Crippen molar-refractivity contribution in [3.8, 4) is 23.3 Å². The van der Waals surface area contributed by atoms with Crippen LogP contribution in [-0.4, -0.2) is 27.3 Å². The highest BCUT2D eigenvalue weighted by molar-refractivity contribution is 5.55. The molecule has 0 saturated heterocycles. The first-order valence-corrected chi connectivity index (χ1v) is 7.89. The number of nitrogens with zero attached hydrogens (tertiary/aromatic N) is 4. The van der Waals surface area contributed by atoms with Gasteiger partial charge in [-0.3, -0.25) is 4.90 Å². The van der Waals surface area contributed by atoms with Gasteiger partial charge in [-0.25, -0.2) is 0 Å².